The fourth-order valence-corrected chi connectivity index (χ4v) is 2.38. The van der Waals surface area contributed by atoms with Gasteiger partial charge < -0.3 is 5.73 Å². The van der Waals surface area contributed by atoms with Crippen molar-refractivity contribution in [1.82, 2.24) is 0 Å². The quantitative estimate of drug-likeness (QED) is 0.818. The van der Waals surface area contributed by atoms with Crippen LogP contribution in [0, 0.1) is 12.8 Å². The summed E-state index contributed by atoms with van der Waals surface area (Å²) in [5.41, 5.74) is 8.87. The van der Waals surface area contributed by atoms with Gasteiger partial charge in [0.05, 0.1) is 0 Å². The number of nitrogens with two attached hydrogens (primary N) is 1. The normalized spacial score (nSPS) is 18.5. The second-order valence-electron chi connectivity index (χ2n) is 4.48. The number of hydrogen-bond acceptors (Lipinski definition) is 1. The van der Waals surface area contributed by atoms with Gasteiger partial charge in [-0.05, 0) is 31.2 Å². The SMILES string of the molecule is Cc1ccc([C@H](N)C2CCCC2)cc1.Cl. The first-order valence-electron chi connectivity index (χ1n) is 5.59. The van der Waals surface area contributed by atoms with Crippen LogP contribution in [0.5, 0.6) is 0 Å². The second kappa shape index (κ2) is 5.53. The van der Waals surface area contributed by atoms with Gasteiger partial charge in [-0.15, -0.1) is 12.4 Å². The first-order valence-corrected chi connectivity index (χ1v) is 5.59. The molecule has 0 saturated heterocycles. The Balaban J connectivity index is 0.00000112. The molecule has 84 valence electrons. The third-order valence-corrected chi connectivity index (χ3v) is 3.37. The van der Waals surface area contributed by atoms with E-state index in [0.717, 1.165) is 5.92 Å². The second-order valence-corrected chi connectivity index (χ2v) is 4.48. The standard InChI is InChI=1S/C13H19N.ClH/c1-10-6-8-12(9-7-10)13(14)11-4-2-3-5-11;/h6-9,11,13H,2-5,14H2,1H3;1H/t13-;/m1./s1. The van der Waals surface area contributed by atoms with Gasteiger partial charge in [0.2, 0.25) is 0 Å². The molecule has 15 heavy (non-hydrogen) atoms. The first kappa shape index (κ1) is 12.5. The third-order valence-electron chi connectivity index (χ3n) is 3.37. The molecule has 2 rings (SSSR count). The summed E-state index contributed by atoms with van der Waals surface area (Å²) in [5.74, 6) is 0.720. The van der Waals surface area contributed by atoms with Gasteiger partial charge in [-0.1, -0.05) is 42.7 Å². The molecule has 0 aliphatic heterocycles. The first-order chi connectivity index (χ1) is 6.77. The van der Waals surface area contributed by atoms with Gasteiger partial charge in [0, 0.05) is 6.04 Å². The molecule has 1 aromatic rings. The van der Waals surface area contributed by atoms with Crippen LogP contribution in [0.3, 0.4) is 0 Å². The molecule has 0 heterocycles. The minimum absolute atomic E-state index is 0. The van der Waals surface area contributed by atoms with Crippen LogP contribution in [0.2, 0.25) is 0 Å². The van der Waals surface area contributed by atoms with Gasteiger partial charge in [0.25, 0.3) is 0 Å². The number of hydrogen-bond donors (Lipinski definition) is 1. The Morgan fingerprint density at radius 2 is 1.67 bits per heavy atom. The topological polar surface area (TPSA) is 26.0 Å². The summed E-state index contributed by atoms with van der Waals surface area (Å²) < 4.78 is 0. The monoisotopic (exact) mass is 225 g/mol. The zero-order valence-corrected chi connectivity index (χ0v) is 10.1. The summed E-state index contributed by atoms with van der Waals surface area (Å²) in [7, 11) is 0. The summed E-state index contributed by atoms with van der Waals surface area (Å²) >= 11 is 0. The van der Waals surface area contributed by atoms with E-state index in [2.05, 4.69) is 31.2 Å². The van der Waals surface area contributed by atoms with Gasteiger partial charge in [0.1, 0.15) is 0 Å². The molecule has 0 unspecified atom stereocenters. The minimum Gasteiger partial charge on any atom is -0.324 e. The predicted octanol–water partition coefficient (Wildman–Crippen LogP) is 3.61. The summed E-state index contributed by atoms with van der Waals surface area (Å²) in [4.78, 5) is 0. The third kappa shape index (κ3) is 2.96. The Morgan fingerprint density at radius 1 is 1.13 bits per heavy atom. The Labute approximate surface area is 98.5 Å². The Hall–Kier alpha value is -0.530. The van der Waals surface area contributed by atoms with E-state index in [-0.39, 0.29) is 18.4 Å². The number of benzene rings is 1. The van der Waals surface area contributed by atoms with E-state index in [4.69, 9.17) is 5.73 Å². The Morgan fingerprint density at radius 3 is 2.20 bits per heavy atom. The molecule has 0 aromatic heterocycles. The van der Waals surface area contributed by atoms with Gasteiger partial charge in [-0.3, -0.25) is 0 Å². The molecular weight excluding hydrogens is 206 g/mol. The highest BCUT2D eigenvalue weighted by Crippen LogP contribution is 2.33. The lowest BCUT2D eigenvalue weighted by Crippen LogP contribution is -2.18. The van der Waals surface area contributed by atoms with Crippen molar-refractivity contribution in [2.24, 2.45) is 11.7 Å². The highest BCUT2D eigenvalue weighted by atomic mass is 35.5. The molecule has 1 aliphatic carbocycles. The summed E-state index contributed by atoms with van der Waals surface area (Å²) in [6.07, 6.45) is 5.36. The van der Waals surface area contributed by atoms with E-state index in [9.17, 15) is 0 Å². The molecule has 1 nitrogen and oxygen atoms in total. The fourth-order valence-electron chi connectivity index (χ4n) is 2.38. The predicted molar refractivity (Wildman–Crippen MR) is 67.3 cm³/mol. The van der Waals surface area contributed by atoms with E-state index < -0.39 is 0 Å². The number of halogens is 1. The van der Waals surface area contributed by atoms with Crippen molar-refractivity contribution in [3.05, 3.63) is 35.4 Å². The van der Waals surface area contributed by atoms with E-state index in [1.165, 1.54) is 36.8 Å². The molecule has 1 aromatic carbocycles. The average molecular weight is 226 g/mol. The molecular formula is C13H20ClN. The average Bonchev–Trinajstić information content (AvgIpc) is 2.71. The zero-order valence-electron chi connectivity index (χ0n) is 9.28. The molecule has 2 heteroatoms. The number of aryl methyl sites for hydroxylation is 1. The van der Waals surface area contributed by atoms with Crippen LogP contribution in [0.25, 0.3) is 0 Å². The van der Waals surface area contributed by atoms with Crippen LogP contribution in [0.4, 0.5) is 0 Å². The fraction of sp³-hybridized carbons (Fsp3) is 0.538. The van der Waals surface area contributed by atoms with Crippen molar-refractivity contribution in [3.8, 4) is 0 Å². The smallest absolute Gasteiger partial charge is 0.0323 e. The minimum atomic E-state index is 0. The maximum Gasteiger partial charge on any atom is 0.0323 e. The van der Waals surface area contributed by atoms with Gasteiger partial charge in [-0.2, -0.15) is 0 Å². The zero-order chi connectivity index (χ0) is 9.97. The van der Waals surface area contributed by atoms with Crippen LogP contribution in [0.1, 0.15) is 42.9 Å². The van der Waals surface area contributed by atoms with Crippen LogP contribution in [-0.2, 0) is 0 Å². The molecule has 1 atom stereocenters. The van der Waals surface area contributed by atoms with Gasteiger partial charge in [-0.25, -0.2) is 0 Å². The highest BCUT2D eigenvalue weighted by Gasteiger charge is 2.22. The van der Waals surface area contributed by atoms with Crippen molar-refractivity contribution in [1.29, 1.82) is 0 Å². The summed E-state index contributed by atoms with van der Waals surface area (Å²) in [6.45, 7) is 2.12. The van der Waals surface area contributed by atoms with Crippen LogP contribution in [0.15, 0.2) is 24.3 Å². The Bertz CT molecular complexity index is 288. The number of rotatable bonds is 2. The lowest BCUT2D eigenvalue weighted by Gasteiger charge is -2.19. The summed E-state index contributed by atoms with van der Waals surface area (Å²) in [5, 5.41) is 0. The van der Waals surface area contributed by atoms with E-state index in [0.29, 0.717) is 0 Å². The molecule has 1 fully saturated rings. The van der Waals surface area contributed by atoms with Crippen molar-refractivity contribution in [2.75, 3.05) is 0 Å². The molecule has 1 saturated carbocycles. The molecule has 0 amide bonds. The van der Waals surface area contributed by atoms with Crippen molar-refractivity contribution in [2.45, 2.75) is 38.6 Å². The van der Waals surface area contributed by atoms with Crippen molar-refractivity contribution in [3.63, 3.8) is 0 Å². The van der Waals surface area contributed by atoms with Gasteiger partial charge >= 0.3 is 0 Å². The summed E-state index contributed by atoms with van der Waals surface area (Å²) in [6, 6.07) is 8.93. The lowest BCUT2D eigenvalue weighted by atomic mass is 9.92. The molecule has 0 radical (unpaired) electrons. The Kier molecular flexibility index (Phi) is 4.62. The molecule has 2 N–H and O–H groups in total. The largest absolute Gasteiger partial charge is 0.324 e. The van der Waals surface area contributed by atoms with Crippen LogP contribution in [-0.4, -0.2) is 0 Å². The van der Waals surface area contributed by atoms with Crippen LogP contribution >= 0.6 is 12.4 Å². The highest BCUT2D eigenvalue weighted by molar-refractivity contribution is 5.85. The molecule has 0 bridgehead atoms. The van der Waals surface area contributed by atoms with E-state index in [1.54, 1.807) is 0 Å². The van der Waals surface area contributed by atoms with Crippen molar-refractivity contribution < 1.29 is 0 Å². The molecule has 1 aliphatic rings. The molecule has 0 spiro atoms. The van der Waals surface area contributed by atoms with Crippen molar-refractivity contribution >= 4 is 12.4 Å². The van der Waals surface area contributed by atoms with E-state index >= 15 is 0 Å². The maximum atomic E-state index is 6.25. The van der Waals surface area contributed by atoms with Gasteiger partial charge in [0.15, 0.2) is 0 Å². The maximum absolute atomic E-state index is 6.25. The lowest BCUT2D eigenvalue weighted by molar-refractivity contribution is 0.445. The van der Waals surface area contributed by atoms with E-state index in [1.807, 2.05) is 0 Å². The van der Waals surface area contributed by atoms with Crippen LogP contribution < -0.4 is 5.73 Å².